The van der Waals surface area contributed by atoms with E-state index in [9.17, 15) is 24.0 Å². The standard InChI is InChI=1S/C64H73F2N11O8/c1-6-45-48(65)17-14-39-10-7-12-46(52(39)45)54-53(66)55-47(33-67-54)57(74-34-42-15-16-43(35-74)76(42)62(82)85-63(2,3)4)70-59(69-55)84-37-64-25-9-27-75(64)44(20-26-64)36-83-61(81)73-30-23-41(24-31-73)72-28-21-38(22-29-72)32-40-11-8-13-49-56(40)71(5)60(80)77(49)50-18-19-51(78)68-58(50)79/h1,7-8,10-14,17,33,38,41-44,50H,9,15-16,18-32,34-37H2,2-5H3,(H,68,78,79)/t42?,43?,44?,50?,64-/m0/s1. The van der Waals surface area contributed by atoms with Gasteiger partial charge in [-0.2, -0.15) is 9.97 Å². The van der Waals surface area contributed by atoms with Crippen molar-refractivity contribution in [2.45, 2.75) is 146 Å². The number of carbonyl (C=O) groups is 4. The maximum atomic E-state index is 17.5. The highest BCUT2D eigenvalue weighted by Crippen LogP contribution is 2.44. The number of hydrogen-bond acceptors (Lipinski definition) is 14. The van der Waals surface area contributed by atoms with Crippen molar-refractivity contribution in [1.82, 2.24) is 49.0 Å². The summed E-state index contributed by atoms with van der Waals surface area (Å²) in [6.45, 7) is 10.9. The molecule has 5 atom stereocenters. The average Bonchev–Trinajstić information content (AvgIpc) is 2.23. The lowest BCUT2D eigenvalue weighted by molar-refractivity contribution is -0.135. The number of halogens is 2. The summed E-state index contributed by atoms with van der Waals surface area (Å²) in [6.07, 6.45) is 16.8. The minimum absolute atomic E-state index is 0.000977. The number of aromatic nitrogens is 5. The third-order valence-electron chi connectivity index (χ3n) is 19.4. The number of fused-ring (bicyclic) bond motifs is 6. The number of likely N-dealkylation sites (tertiary alicyclic amines) is 2. The van der Waals surface area contributed by atoms with Gasteiger partial charge in [-0.15, -0.1) is 6.42 Å². The molecule has 0 aliphatic carbocycles. The Balaban J connectivity index is 0.652. The number of carbonyl (C=O) groups excluding carboxylic acids is 4. The number of amides is 4. The zero-order chi connectivity index (χ0) is 59.1. The van der Waals surface area contributed by atoms with Gasteiger partial charge in [0.1, 0.15) is 47.7 Å². The van der Waals surface area contributed by atoms with Crippen LogP contribution in [0.15, 0.2) is 59.5 Å². The number of ether oxygens (including phenoxy) is 3. The van der Waals surface area contributed by atoms with E-state index < -0.39 is 29.2 Å². The first kappa shape index (κ1) is 56.4. The van der Waals surface area contributed by atoms with Gasteiger partial charge in [-0.05, 0) is 146 Å². The van der Waals surface area contributed by atoms with Crippen molar-refractivity contribution < 1.29 is 42.2 Å². The van der Waals surface area contributed by atoms with Gasteiger partial charge in [-0.1, -0.05) is 42.3 Å². The molecule has 6 aromatic rings. The Morgan fingerprint density at radius 1 is 0.859 bits per heavy atom. The average molecular weight is 1160 g/mol. The lowest BCUT2D eigenvalue weighted by Gasteiger charge is -2.42. The van der Waals surface area contributed by atoms with E-state index in [1.165, 1.54) is 6.07 Å². The van der Waals surface area contributed by atoms with Crippen LogP contribution in [0.2, 0.25) is 0 Å². The molecule has 0 saturated carbocycles. The summed E-state index contributed by atoms with van der Waals surface area (Å²) in [4.78, 5) is 90.7. The molecule has 3 aromatic heterocycles. The Morgan fingerprint density at radius 3 is 2.36 bits per heavy atom. The van der Waals surface area contributed by atoms with Crippen molar-refractivity contribution in [3.05, 3.63) is 88.0 Å². The fourth-order valence-electron chi connectivity index (χ4n) is 15.3. The number of anilines is 1. The first-order valence-electron chi connectivity index (χ1n) is 30.3. The van der Waals surface area contributed by atoms with Gasteiger partial charge >= 0.3 is 23.9 Å². The lowest BCUT2D eigenvalue weighted by Crippen LogP contribution is -2.57. The van der Waals surface area contributed by atoms with E-state index in [1.807, 2.05) is 42.7 Å². The summed E-state index contributed by atoms with van der Waals surface area (Å²) < 4.78 is 54.5. The maximum absolute atomic E-state index is 17.5. The highest BCUT2D eigenvalue weighted by atomic mass is 19.1. The van der Waals surface area contributed by atoms with Crippen LogP contribution in [0.1, 0.15) is 115 Å². The van der Waals surface area contributed by atoms with Crippen LogP contribution in [0.3, 0.4) is 0 Å². The van der Waals surface area contributed by atoms with Gasteiger partial charge < -0.3 is 28.9 Å². The van der Waals surface area contributed by atoms with Gasteiger partial charge in [0, 0.05) is 68.9 Å². The van der Waals surface area contributed by atoms with Gasteiger partial charge in [0.15, 0.2) is 5.82 Å². The topological polar surface area (TPSA) is 190 Å². The molecule has 1 N–H and O–H groups in total. The number of terminal acetylenes is 1. The van der Waals surface area contributed by atoms with E-state index in [4.69, 9.17) is 30.6 Å². The van der Waals surface area contributed by atoms with Crippen molar-refractivity contribution in [3.63, 3.8) is 0 Å². The third kappa shape index (κ3) is 10.4. The lowest BCUT2D eigenvalue weighted by atomic mass is 9.88. The number of nitrogens with one attached hydrogen (secondary N) is 1. The Bertz CT molecular complexity index is 3750. The van der Waals surface area contributed by atoms with Crippen LogP contribution >= 0.6 is 0 Å². The van der Waals surface area contributed by atoms with E-state index in [1.54, 1.807) is 46.6 Å². The second-order valence-corrected chi connectivity index (χ2v) is 25.6. The normalized spacial score (nSPS) is 24.4. The Labute approximate surface area is 491 Å². The van der Waals surface area contributed by atoms with Gasteiger partial charge in [0.05, 0.1) is 39.6 Å². The molecular formula is C64H73F2N11O8. The molecule has 85 heavy (non-hydrogen) atoms. The Kier molecular flexibility index (Phi) is 14.8. The van der Waals surface area contributed by atoms with E-state index in [-0.39, 0.29) is 89.9 Å². The van der Waals surface area contributed by atoms with Gasteiger partial charge in [-0.3, -0.25) is 38.8 Å². The van der Waals surface area contributed by atoms with Crippen LogP contribution < -0.4 is 20.6 Å². The second-order valence-electron chi connectivity index (χ2n) is 25.6. The molecule has 7 aliphatic heterocycles. The molecule has 13 rings (SSSR count). The van der Waals surface area contributed by atoms with Crippen molar-refractivity contribution in [2.24, 2.45) is 13.0 Å². The number of imidazole rings is 1. The summed E-state index contributed by atoms with van der Waals surface area (Å²) in [5.41, 5.74) is 1.64. The SMILES string of the molecule is C#Cc1c(F)ccc2cccc(-c3ncc4c(N5CC6CCC(C5)N6C(=O)OC(C)(C)C)nc(OC[C@@]56CCCN5C(COC(=O)N5CCC(N7CCC(Cc8cccc9c8n(C)c(=O)n9C8CCC(=O)NC8=O)CC7)CC5)CC6)nc4c3F)c12. The molecule has 7 saturated heterocycles. The zero-order valence-corrected chi connectivity index (χ0v) is 48.8. The number of imide groups is 1. The molecule has 21 heteroatoms. The summed E-state index contributed by atoms with van der Waals surface area (Å²) in [5.74, 6) is 1.26. The summed E-state index contributed by atoms with van der Waals surface area (Å²) in [7, 11) is 1.76. The zero-order valence-electron chi connectivity index (χ0n) is 48.8. The molecule has 4 unspecified atom stereocenters. The van der Waals surface area contributed by atoms with E-state index in [0.717, 1.165) is 107 Å². The largest absolute Gasteiger partial charge is 0.461 e. The van der Waals surface area contributed by atoms with E-state index in [0.29, 0.717) is 72.1 Å². The first-order valence-corrected chi connectivity index (χ1v) is 30.3. The number of rotatable bonds is 11. The van der Waals surface area contributed by atoms with Crippen LogP contribution in [-0.4, -0.2) is 162 Å². The predicted molar refractivity (Wildman–Crippen MR) is 315 cm³/mol. The number of hydrogen-bond donors (Lipinski definition) is 1. The van der Waals surface area contributed by atoms with Crippen LogP contribution in [0.5, 0.6) is 6.01 Å². The molecule has 4 amide bonds. The highest BCUT2D eigenvalue weighted by molar-refractivity contribution is 6.02. The Morgan fingerprint density at radius 2 is 1.62 bits per heavy atom. The molecule has 3 aromatic carbocycles. The fourth-order valence-corrected chi connectivity index (χ4v) is 15.3. The smallest absolute Gasteiger partial charge is 0.410 e. The number of piperidine rings is 3. The van der Waals surface area contributed by atoms with E-state index >= 15 is 8.78 Å². The number of para-hydroxylation sites is 1. The number of nitrogens with zero attached hydrogens (tertiary/aromatic N) is 10. The summed E-state index contributed by atoms with van der Waals surface area (Å²) >= 11 is 0. The van der Waals surface area contributed by atoms with Crippen LogP contribution in [-0.2, 0) is 32.5 Å². The number of aryl methyl sites for hydroxylation is 1. The molecular weight excluding hydrogens is 1090 g/mol. The second kappa shape index (κ2) is 22.3. The van der Waals surface area contributed by atoms with E-state index in [2.05, 4.69) is 37.0 Å². The fraction of sp³-hybridized carbons (Fsp3) is 0.531. The highest BCUT2D eigenvalue weighted by Gasteiger charge is 2.51. The van der Waals surface area contributed by atoms with Gasteiger partial charge in [-0.25, -0.2) is 23.2 Å². The third-order valence-corrected chi connectivity index (χ3v) is 19.4. The monoisotopic (exact) mass is 1160 g/mol. The minimum Gasteiger partial charge on any atom is -0.461 e. The molecule has 7 fully saturated rings. The molecule has 2 bridgehead atoms. The molecule has 19 nitrogen and oxygen atoms in total. The number of pyridine rings is 1. The Hall–Kier alpha value is -7.70. The predicted octanol–water partition coefficient (Wildman–Crippen LogP) is 8.26. The van der Waals surface area contributed by atoms with Crippen molar-refractivity contribution in [2.75, 3.05) is 63.9 Å². The molecule has 446 valence electrons. The molecule has 0 spiro atoms. The first-order chi connectivity index (χ1) is 41.0. The quantitative estimate of drug-likeness (QED) is 0.0964. The van der Waals surface area contributed by atoms with Crippen LogP contribution in [0.4, 0.5) is 24.2 Å². The maximum Gasteiger partial charge on any atom is 0.410 e. The number of piperazine rings is 1. The van der Waals surface area contributed by atoms with Crippen molar-refractivity contribution in [3.8, 4) is 29.6 Å². The van der Waals surface area contributed by atoms with Crippen molar-refractivity contribution >= 4 is 62.5 Å². The van der Waals surface area contributed by atoms with Crippen molar-refractivity contribution in [1.29, 1.82) is 0 Å². The van der Waals surface area contributed by atoms with Gasteiger partial charge in [0.2, 0.25) is 11.8 Å². The minimum atomic E-state index is -0.727. The molecule has 10 heterocycles. The number of benzene rings is 3. The van der Waals surface area contributed by atoms with Crippen LogP contribution in [0, 0.1) is 29.9 Å². The van der Waals surface area contributed by atoms with Gasteiger partial charge in [0.25, 0.3) is 0 Å². The van der Waals surface area contributed by atoms with Crippen LogP contribution in [0.25, 0.3) is 44.0 Å². The molecule has 0 radical (unpaired) electrons. The summed E-state index contributed by atoms with van der Waals surface area (Å²) in [6, 6.07) is 13.4. The molecule has 7 aliphatic rings. The summed E-state index contributed by atoms with van der Waals surface area (Å²) in [5, 5.41) is 3.78.